The van der Waals surface area contributed by atoms with Gasteiger partial charge in [0.15, 0.2) is 17.7 Å². The third-order valence-corrected chi connectivity index (χ3v) is 7.47. The summed E-state index contributed by atoms with van der Waals surface area (Å²) in [6, 6.07) is 3.96. The fourth-order valence-corrected chi connectivity index (χ4v) is 5.52. The van der Waals surface area contributed by atoms with Gasteiger partial charge < -0.3 is 25.0 Å². The Hall–Kier alpha value is -3.29. The van der Waals surface area contributed by atoms with Crippen molar-refractivity contribution in [3.05, 3.63) is 30.2 Å². The molecule has 4 heterocycles. The van der Waals surface area contributed by atoms with Gasteiger partial charge in [0.1, 0.15) is 22.3 Å². The maximum atomic E-state index is 13.5. The lowest BCUT2D eigenvalue weighted by Gasteiger charge is -2.36. The van der Waals surface area contributed by atoms with Crippen LogP contribution in [0.2, 0.25) is 0 Å². The van der Waals surface area contributed by atoms with Crippen LogP contribution in [-0.4, -0.2) is 67.6 Å². The van der Waals surface area contributed by atoms with Crippen LogP contribution < -0.4 is 25.0 Å². The number of halogens is 3. The second kappa shape index (κ2) is 9.40. The molecule has 14 heteroatoms. The van der Waals surface area contributed by atoms with E-state index < -0.39 is 40.4 Å². The van der Waals surface area contributed by atoms with Crippen LogP contribution >= 0.6 is 0 Å². The molecule has 0 aromatic carbocycles. The third-order valence-electron chi connectivity index (χ3n) is 5.82. The first-order chi connectivity index (χ1) is 16.4. The summed E-state index contributed by atoms with van der Waals surface area (Å²) in [6.45, 7) is 0.850. The van der Waals surface area contributed by atoms with E-state index >= 15 is 0 Å². The maximum Gasteiger partial charge on any atom is 0.272 e. The van der Waals surface area contributed by atoms with E-state index in [9.17, 15) is 26.4 Å². The molecule has 1 atom stereocenters. The molecule has 2 aromatic heterocycles. The van der Waals surface area contributed by atoms with Gasteiger partial charge in [0.25, 0.3) is 18.2 Å². The molecule has 0 saturated carbocycles. The number of hydrogen-bond donors (Lipinski definition) is 2. The minimum absolute atomic E-state index is 0.0145. The lowest BCUT2D eigenvalue weighted by atomic mass is 9.94. The normalized spacial score (nSPS) is 20.2. The van der Waals surface area contributed by atoms with E-state index in [1.54, 1.807) is 18.0 Å². The average molecular weight is 516 g/mol. The number of anilines is 2. The Morgan fingerprint density at radius 1 is 1.34 bits per heavy atom. The van der Waals surface area contributed by atoms with Crippen molar-refractivity contribution >= 4 is 27.2 Å². The van der Waals surface area contributed by atoms with Crippen LogP contribution in [-0.2, 0) is 14.6 Å². The third kappa shape index (κ3) is 5.69. The summed E-state index contributed by atoms with van der Waals surface area (Å²) in [6.07, 6.45) is -2.09. The number of carbonyl (C=O) groups is 1. The van der Waals surface area contributed by atoms with Crippen molar-refractivity contribution in [3.8, 4) is 17.5 Å². The molecule has 35 heavy (non-hydrogen) atoms. The number of sulfone groups is 1. The summed E-state index contributed by atoms with van der Waals surface area (Å²) in [7, 11) is -1.44. The number of nitrogens with one attached hydrogen (secondary N) is 2. The van der Waals surface area contributed by atoms with E-state index in [1.165, 1.54) is 6.07 Å². The van der Waals surface area contributed by atoms with Crippen molar-refractivity contribution in [1.82, 2.24) is 15.3 Å². The molecule has 1 fully saturated rings. The minimum Gasteiger partial charge on any atom is -0.482 e. The van der Waals surface area contributed by atoms with Gasteiger partial charge in [0.2, 0.25) is 5.88 Å². The lowest BCUT2D eigenvalue weighted by molar-refractivity contribution is -0.123. The molecule has 1 unspecified atom stereocenters. The number of aromatic nitrogens is 2. The molecule has 0 bridgehead atoms. The number of alkyl halides is 2. The summed E-state index contributed by atoms with van der Waals surface area (Å²) < 4.78 is 72.4. The van der Waals surface area contributed by atoms with Crippen molar-refractivity contribution < 1.29 is 35.9 Å². The predicted octanol–water partition coefficient (Wildman–Crippen LogP) is 2.32. The van der Waals surface area contributed by atoms with E-state index in [4.69, 9.17) is 9.47 Å². The molecule has 4 rings (SSSR count). The van der Waals surface area contributed by atoms with Gasteiger partial charge >= 0.3 is 0 Å². The Bertz CT molecular complexity index is 1220. The van der Waals surface area contributed by atoms with Crippen LogP contribution in [0.5, 0.6) is 17.5 Å². The Kier molecular flexibility index (Phi) is 6.66. The van der Waals surface area contributed by atoms with E-state index in [-0.39, 0.29) is 34.9 Å². The number of carbonyl (C=O) groups excluding carboxylic acids is 1. The SMILES string of the molecule is CN1c2nc(Oc3ncc(F)cc3OCC(F)F)ccc2NC1C(=O)NC1(C)CCS(=O)(=O)CC1. The largest absolute Gasteiger partial charge is 0.482 e. The summed E-state index contributed by atoms with van der Waals surface area (Å²) >= 11 is 0. The summed E-state index contributed by atoms with van der Waals surface area (Å²) in [4.78, 5) is 22.7. The van der Waals surface area contributed by atoms with Crippen molar-refractivity contribution in [2.24, 2.45) is 0 Å². The Balaban J connectivity index is 1.46. The molecular formula is C21H24F3N5O5S. The zero-order valence-electron chi connectivity index (χ0n) is 18.9. The van der Waals surface area contributed by atoms with Crippen LogP contribution in [0.3, 0.4) is 0 Å². The molecule has 2 aromatic rings. The van der Waals surface area contributed by atoms with Gasteiger partial charge in [-0.15, -0.1) is 0 Å². The van der Waals surface area contributed by atoms with E-state index in [0.717, 1.165) is 12.3 Å². The molecule has 10 nitrogen and oxygen atoms in total. The van der Waals surface area contributed by atoms with Crippen molar-refractivity contribution in [2.45, 2.75) is 37.9 Å². The fourth-order valence-electron chi connectivity index (χ4n) is 3.80. The molecule has 2 aliphatic rings. The second-order valence-electron chi connectivity index (χ2n) is 8.64. The van der Waals surface area contributed by atoms with E-state index in [2.05, 4.69) is 20.6 Å². The number of hydrogen-bond acceptors (Lipinski definition) is 9. The van der Waals surface area contributed by atoms with Gasteiger partial charge in [-0.1, -0.05) is 0 Å². The van der Waals surface area contributed by atoms with E-state index in [1.807, 2.05) is 6.92 Å². The maximum absolute atomic E-state index is 13.5. The number of likely N-dealkylation sites (N-methyl/N-ethyl adjacent to an activating group) is 1. The molecule has 1 amide bonds. The average Bonchev–Trinajstić information content (AvgIpc) is 3.12. The van der Waals surface area contributed by atoms with Crippen molar-refractivity contribution in [3.63, 3.8) is 0 Å². The van der Waals surface area contributed by atoms with Crippen molar-refractivity contribution in [1.29, 1.82) is 0 Å². The van der Waals surface area contributed by atoms with Gasteiger partial charge in [0, 0.05) is 24.7 Å². The molecule has 1 saturated heterocycles. The number of fused-ring (bicyclic) bond motifs is 1. The Morgan fingerprint density at radius 2 is 2.06 bits per heavy atom. The first-order valence-electron chi connectivity index (χ1n) is 10.7. The zero-order chi connectivity index (χ0) is 25.4. The number of nitrogens with zero attached hydrogens (tertiary/aromatic N) is 3. The van der Waals surface area contributed by atoms with Crippen LogP contribution in [0.4, 0.5) is 24.7 Å². The molecule has 2 N–H and O–H groups in total. The lowest BCUT2D eigenvalue weighted by Crippen LogP contribution is -2.57. The van der Waals surface area contributed by atoms with Gasteiger partial charge in [0.05, 0.1) is 23.4 Å². The highest BCUT2D eigenvalue weighted by Crippen LogP contribution is 2.36. The molecular weight excluding hydrogens is 491 g/mol. The monoisotopic (exact) mass is 515 g/mol. The van der Waals surface area contributed by atoms with Crippen molar-refractivity contribution in [2.75, 3.05) is 35.4 Å². The Labute approximate surface area is 199 Å². The highest BCUT2D eigenvalue weighted by atomic mass is 32.2. The highest BCUT2D eigenvalue weighted by molar-refractivity contribution is 7.91. The first-order valence-corrected chi connectivity index (χ1v) is 12.5. The smallest absolute Gasteiger partial charge is 0.272 e. The number of pyridine rings is 2. The van der Waals surface area contributed by atoms with Gasteiger partial charge in [-0.25, -0.2) is 26.6 Å². The highest BCUT2D eigenvalue weighted by Gasteiger charge is 2.39. The van der Waals surface area contributed by atoms with Gasteiger partial charge in [-0.2, -0.15) is 4.98 Å². The molecule has 0 spiro atoms. The topological polar surface area (TPSA) is 123 Å². The molecule has 2 aliphatic heterocycles. The standard InChI is InChI=1S/C21H24F3N5O5S/c1-21(5-7-35(31,32)8-6-21)28-19(30)18-26-13-3-4-16(27-17(13)29(18)2)34-20-14(33-11-15(23)24)9-12(22)10-25-20/h3-4,9-10,15,18,26H,5-8,11H2,1-2H3,(H,28,30). The number of rotatable bonds is 7. The van der Waals surface area contributed by atoms with Crippen LogP contribution in [0.25, 0.3) is 0 Å². The predicted molar refractivity (Wildman–Crippen MR) is 120 cm³/mol. The second-order valence-corrected chi connectivity index (χ2v) is 10.9. The zero-order valence-corrected chi connectivity index (χ0v) is 19.7. The van der Waals surface area contributed by atoms with E-state index in [0.29, 0.717) is 24.3 Å². The van der Waals surface area contributed by atoms with Gasteiger partial charge in [-0.05, 0) is 25.8 Å². The Morgan fingerprint density at radius 3 is 2.74 bits per heavy atom. The first kappa shape index (κ1) is 24.8. The number of ether oxygens (including phenoxy) is 2. The molecule has 0 radical (unpaired) electrons. The summed E-state index contributed by atoms with van der Waals surface area (Å²) in [5.41, 5.74) is -0.109. The fraction of sp³-hybridized carbons (Fsp3) is 0.476. The minimum atomic E-state index is -3.08. The van der Waals surface area contributed by atoms with Crippen LogP contribution in [0.1, 0.15) is 19.8 Å². The number of amides is 1. The van der Waals surface area contributed by atoms with Gasteiger partial charge in [-0.3, -0.25) is 4.79 Å². The quantitative estimate of drug-likeness (QED) is 0.572. The molecule has 0 aliphatic carbocycles. The van der Waals surface area contributed by atoms with Crippen LogP contribution in [0, 0.1) is 5.82 Å². The molecule has 190 valence electrons. The summed E-state index contributed by atoms with van der Waals surface area (Å²) in [5, 5.41) is 5.99. The summed E-state index contributed by atoms with van der Waals surface area (Å²) in [5.74, 6) is -1.27. The van der Waals surface area contributed by atoms with Crippen LogP contribution in [0.15, 0.2) is 24.4 Å².